The van der Waals surface area contributed by atoms with Crippen LogP contribution in [-0.2, 0) is 17.8 Å². The van der Waals surface area contributed by atoms with Crippen LogP contribution < -0.4 is 5.32 Å². The highest BCUT2D eigenvalue weighted by Gasteiger charge is 2.07. The van der Waals surface area contributed by atoms with Gasteiger partial charge in [0.2, 0.25) is 5.91 Å². The maximum atomic E-state index is 11.8. The summed E-state index contributed by atoms with van der Waals surface area (Å²) in [6.07, 6.45) is 3.23. The van der Waals surface area contributed by atoms with Crippen molar-refractivity contribution in [1.82, 2.24) is 14.9 Å². The van der Waals surface area contributed by atoms with Gasteiger partial charge in [-0.1, -0.05) is 24.3 Å². The van der Waals surface area contributed by atoms with Crippen LogP contribution in [-0.4, -0.2) is 33.1 Å². The van der Waals surface area contributed by atoms with Crippen LogP contribution in [0.5, 0.6) is 0 Å². The second-order valence-electron chi connectivity index (χ2n) is 4.76. The molecule has 0 aliphatic rings. The fraction of sp³-hybridized carbons (Fsp3) is 0.267. The van der Waals surface area contributed by atoms with Gasteiger partial charge in [-0.25, -0.2) is 9.78 Å². The molecule has 2 rings (SSSR count). The van der Waals surface area contributed by atoms with Crippen molar-refractivity contribution in [3.63, 3.8) is 0 Å². The third kappa shape index (κ3) is 4.17. The minimum absolute atomic E-state index is 0.00115. The number of imidazole rings is 1. The summed E-state index contributed by atoms with van der Waals surface area (Å²) in [5, 5.41) is 11.6. The summed E-state index contributed by atoms with van der Waals surface area (Å²) in [6, 6.07) is 7.76. The van der Waals surface area contributed by atoms with E-state index in [1.54, 1.807) is 4.57 Å². The Morgan fingerprint density at radius 3 is 2.76 bits per heavy atom. The maximum Gasteiger partial charge on any atom is 0.356 e. The number of nitrogens with zero attached hydrogens (tertiary/aromatic N) is 2. The largest absolute Gasteiger partial charge is 0.476 e. The van der Waals surface area contributed by atoms with Crippen molar-refractivity contribution in [2.24, 2.45) is 0 Å². The van der Waals surface area contributed by atoms with E-state index in [-0.39, 0.29) is 11.6 Å². The fourth-order valence-electron chi connectivity index (χ4n) is 1.96. The number of aromatic carboxylic acids is 1. The van der Waals surface area contributed by atoms with Crippen LogP contribution >= 0.6 is 0 Å². The number of carboxylic acid groups (broad SMARTS) is 1. The number of rotatable bonds is 6. The van der Waals surface area contributed by atoms with Gasteiger partial charge >= 0.3 is 5.97 Å². The Morgan fingerprint density at radius 1 is 1.33 bits per heavy atom. The number of hydrogen-bond acceptors (Lipinski definition) is 3. The van der Waals surface area contributed by atoms with E-state index < -0.39 is 5.97 Å². The van der Waals surface area contributed by atoms with Gasteiger partial charge in [0.1, 0.15) is 0 Å². The van der Waals surface area contributed by atoms with Gasteiger partial charge in [0, 0.05) is 19.3 Å². The third-order valence-corrected chi connectivity index (χ3v) is 3.16. The Morgan fingerprint density at radius 2 is 2.10 bits per heavy atom. The second kappa shape index (κ2) is 6.69. The molecule has 110 valence electrons. The van der Waals surface area contributed by atoms with Crippen LogP contribution in [0.15, 0.2) is 36.8 Å². The predicted octanol–water partition coefficient (Wildman–Crippen LogP) is 1.25. The quantitative estimate of drug-likeness (QED) is 0.837. The van der Waals surface area contributed by atoms with E-state index in [1.807, 2.05) is 31.2 Å². The Hall–Kier alpha value is -2.63. The number of nitrogens with one attached hydrogen (secondary N) is 1. The summed E-state index contributed by atoms with van der Waals surface area (Å²) in [7, 11) is 0. The molecular weight excluding hydrogens is 270 g/mol. The number of carbonyl (C=O) groups excluding carboxylic acids is 1. The molecule has 6 nitrogen and oxygen atoms in total. The summed E-state index contributed by atoms with van der Waals surface area (Å²) in [4.78, 5) is 26.3. The Kier molecular flexibility index (Phi) is 4.71. The van der Waals surface area contributed by atoms with E-state index >= 15 is 0 Å². The second-order valence-corrected chi connectivity index (χ2v) is 4.76. The molecule has 0 aliphatic carbocycles. The van der Waals surface area contributed by atoms with Crippen molar-refractivity contribution in [2.45, 2.75) is 19.9 Å². The van der Waals surface area contributed by atoms with E-state index in [1.165, 1.54) is 12.5 Å². The third-order valence-electron chi connectivity index (χ3n) is 3.16. The number of benzene rings is 1. The molecule has 0 saturated heterocycles. The van der Waals surface area contributed by atoms with Gasteiger partial charge in [-0.05, 0) is 18.1 Å². The Bertz CT molecular complexity index is 649. The van der Waals surface area contributed by atoms with Crippen LogP contribution in [0.2, 0.25) is 0 Å². The van der Waals surface area contributed by atoms with Crippen LogP contribution in [0.3, 0.4) is 0 Å². The minimum Gasteiger partial charge on any atom is -0.476 e. The molecule has 0 radical (unpaired) electrons. The summed E-state index contributed by atoms with van der Waals surface area (Å²) in [5.74, 6) is -1.11. The predicted molar refractivity (Wildman–Crippen MR) is 77.1 cm³/mol. The summed E-state index contributed by atoms with van der Waals surface area (Å²) in [5.41, 5.74) is 2.10. The number of amides is 1. The van der Waals surface area contributed by atoms with Crippen molar-refractivity contribution in [1.29, 1.82) is 0 Å². The van der Waals surface area contributed by atoms with Crippen molar-refractivity contribution in [3.8, 4) is 0 Å². The number of carbonyl (C=O) groups is 2. The molecule has 0 unspecified atom stereocenters. The summed E-state index contributed by atoms with van der Waals surface area (Å²) >= 11 is 0. The molecule has 2 aromatic rings. The van der Waals surface area contributed by atoms with Gasteiger partial charge in [-0.15, -0.1) is 0 Å². The number of aryl methyl sites for hydroxylation is 1. The SMILES string of the molecule is Cc1ccccc1CC(=O)NCCn1cnc(C(=O)O)c1. The first-order chi connectivity index (χ1) is 10.1. The zero-order chi connectivity index (χ0) is 15.2. The summed E-state index contributed by atoms with van der Waals surface area (Å²) < 4.78 is 1.64. The van der Waals surface area contributed by atoms with Crippen LogP contribution in [0, 0.1) is 6.92 Å². The van der Waals surface area contributed by atoms with E-state index in [4.69, 9.17) is 5.11 Å². The van der Waals surface area contributed by atoms with Crippen LogP contribution in [0.1, 0.15) is 21.6 Å². The zero-order valence-electron chi connectivity index (χ0n) is 11.7. The van der Waals surface area contributed by atoms with Crippen molar-refractivity contribution >= 4 is 11.9 Å². The lowest BCUT2D eigenvalue weighted by atomic mass is 10.1. The smallest absolute Gasteiger partial charge is 0.356 e. The lowest BCUT2D eigenvalue weighted by Crippen LogP contribution is -2.28. The first-order valence-corrected chi connectivity index (χ1v) is 6.62. The van der Waals surface area contributed by atoms with Crippen molar-refractivity contribution in [2.75, 3.05) is 6.54 Å². The lowest BCUT2D eigenvalue weighted by Gasteiger charge is -2.07. The van der Waals surface area contributed by atoms with E-state index in [0.29, 0.717) is 19.5 Å². The highest BCUT2D eigenvalue weighted by molar-refractivity contribution is 5.84. The topological polar surface area (TPSA) is 84.2 Å². The standard InChI is InChI=1S/C15H17N3O3/c1-11-4-2-3-5-12(11)8-14(19)16-6-7-18-9-13(15(20)21)17-10-18/h2-5,9-10H,6-8H2,1H3,(H,16,19)(H,20,21). The van der Waals surface area contributed by atoms with Crippen LogP contribution in [0.25, 0.3) is 0 Å². The molecular formula is C15H17N3O3. The van der Waals surface area contributed by atoms with Crippen molar-refractivity contribution < 1.29 is 14.7 Å². The molecule has 0 spiro atoms. The molecule has 1 aromatic heterocycles. The van der Waals surface area contributed by atoms with Crippen LogP contribution in [0.4, 0.5) is 0 Å². The van der Waals surface area contributed by atoms with Gasteiger partial charge < -0.3 is 15.0 Å². The molecule has 1 heterocycles. The maximum absolute atomic E-state index is 11.8. The first-order valence-electron chi connectivity index (χ1n) is 6.62. The van der Waals surface area contributed by atoms with E-state index in [2.05, 4.69) is 10.3 Å². The Balaban J connectivity index is 1.79. The summed E-state index contributed by atoms with van der Waals surface area (Å²) in [6.45, 7) is 2.89. The van der Waals surface area contributed by atoms with Gasteiger partial charge in [0.05, 0.1) is 12.7 Å². The highest BCUT2D eigenvalue weighted by atomic mass is 16.4. The van der Waals surface area contributed by atoms with Crippen molar-refractivity contribution in [3.05, 3.63) is 53.6 Å². The highest BCUT2D eigenvalue weighted by Crippen LogP contribution is 2.07. The molecule has 6 heteroatoms. The molecule has 2 N–H and O–H groups in total. The number of aromatic nitrogens is 2. The Labute approximate surface area is 122 Å². The molecule has 0 fully saturated rings. The van der Waals surface area contributed by atoms with Gasteiger partial charge in [0.25, 0.3) is 0 Å². The average molecular weight is 287 g/mol. The monoisotopic (exact) mass is 287 g/mol. The van der Waals surface area contributed by atoms with E-state index in [9.17, 15) is 9.59 Å². The first kappa shape index (κ1) is 14.8. The molecule has 21 heavy (non-hydrogen) atoms. The van der Waals surface area contributed by atoms with Gasteiger partial charge in [-0.3, -0.25) is 4.79 Å². The molecule has 0 saturated carbocycles. The molecule has 1 aromatic carbocycles. The van der Waals surface area contributed by atoms with Gasteiger partial charge in [0.15, 0.2) is 5.69 Å². The number of carboxylic acids is 1. The molecule has 0 bridgehead atoms. The zero-order valence-corrected chi connectivity index (χ0v) is 11.7. The van der Waals surface area contributed by atoms with Gasteiger partial charge in [-0.2, -0.15) is 0 Å². The lowest BCUT2D eigenvalue weighted by molar-refractivity contribution is -0.120. The molecule has 1 amide bonds. The fourth-order valence-corrected chi connectivity index (χ4v) is 1.96. The number of hydrogen-bond donors (Lipinski definition) is 2. The van der Waals surface area contributed by atoms with E-state index in [0.717, 1.165) is 11.1 Å². The molecule has 0 atom stereocenters. The normalized spacial score (nSPS) is 10.3. The minimum atomic E-state index is -1.06. The average Bonchev–Trinajstić information content (AvgIpc) is 2.90. The molecule has 0 aliphatic heterocycles.